The molecule has 0 radical (unpaired) electrons. The van der Waals surface area contributed by atoms with Gasteiger partial charge in [-0.1, -0.05) is 12.1 Å². The Morgan fingerprint density at radius 3 is 2.45 bits per heavy atom. The zero-order valence-electron chi connectivity index (χ0n) is 12.4. The second-order valence-corrected chi connectivity index (χ2v) is 4.81. The zero-order chi connectivity index (χ0) is 14.4. The lowest BCUT2D eigenvalue weighted by molar-refractivity contribution is 0.548. The highest BCUT2D eigenvalue weighted by Crippen LogP contribution is 2.15. The zero-order valence-corrected chi connectivity index (χ0v) is 12.4. The van der Waals surface area contributed by atoms with E-state index in [1.165, 1.54) is 17.6 Å². The SMILES string of the molecule is CCN(CC)c1ccc(CNC(C)c2ncn[nH]2)cc1. The summed E-state index contributed by atoms with van der Waals surface area (Å²) in [7, 11) is 0. The van der Waals surface area contributed by atoms with Crippen LogP contribution in [0, 0.1) is 0 Å². The lowest BCUT2D eigenvalue weighted by Gasteiger charge is -2.21. The Morgan fingerprint density at radius 2 is 1.90 bits per heavy atom. The van der Waals surface area contributed by atoms with Crippen molar-refractivity contribution in [3.63, 3.8) is 0 Å². The van der Waals surface area contributed by atoms with Crippen LogP contribution >= 0.6 is 0 Å². The van der Waals surface area contributed by atoms with E-state index in [1.807, 2.05) is 0 Å². The fourth-order valence-electron chi connectivity index (χ4n) is 2.20. The van der Waals surface area contributed by atoms with Crippen molar-refractivity contribution < 1.29 is 0 Å². The molecule has 20 heavy (non-hydrogen) atoms. The third kappa shape index (κ3) is 3.57. The van der Waals surface area contributed by atoms with Crippen LogP contribution in [-0.4, -0.2) is 28.3 Å². The Kier molecular flexibility index (Phi) is 5.12. The summed E-state index contributed by atoms with van der Waals surface area (Å²) in [5.74, 6) is 0.866. The van der Waals surface area contributed by atoms with Crippen LogP contribution in [0.5, 0.6) is 0 Å². The molecule has 0 amide bonds. The maximum absolute atomic E-state index is 4.15. The third-order valence-electron chi connectivity index (χ3n) is 3.52. The van der Waals surface area contributed by atoms with Crippen LogP contribution in [0.3, 0.4) is 0 Å². The van der Waals surface area contributed by atoms with Crippen LogP contribution in [0.1, 0.15) is 38.2 Å². The largest absolute Gasteiger partial charge is 0.372 e. The second kappa shape index (κ2) is 7.05. The van der Waals surface area contributed by atoms with Gasteiger partial charge in [0.1, 0.15) is 12.2 Å². The van der Waals surface area contributed by atoms with Gasteiger partial charge in [0.15, 0.2) is 0 Å². The van der Waals surface area contributed by atoms with E-state index in [1.54, 1.807) is 0 Å². The van der Waals surface area contributed by atoms with Gasteiger partial charge in [0.05, 0.1) is 6.04 Å². The van der Waals surface area contributed by atoms with E-state index < -0.39 is 0 Å². The fourth-order valence-corrected chi connectivity index (χ4v) is 2.20. The first-order valence-corrected chi connectivity index (χ1v) is 7.17. The van der Waals surface area contributed by atoms with Crippen molar-refractivity contribution in [2.75, 3.05) is 18.0 Å². The van der Waals surface area contributed by atoms with Gasteiger partial charge in [-0.25, -0.2) is 4.98 Å². The van der Waals surface area contributed by atoms with E-state index >= 15 is 0 Å². The molecule has 5 heteroatoms. The number of hydrogen-bond acceptors (Lipinski definition) is 4. The molecule has 2 aromatic rings. The molecular weight excluding hydrogens is 250 g/mol. The summed E-state index contributed by atoms with van der Waals surface area (Å²) in [5, 5.41) is 10.2. The number of benzene rings is 1. The normalized spacial score (nSPS) is 12.3. The highest BCUT2D eigenvalue weighted by Gasteiger charge is 2.07. The molecule has 2 N–H and O–H groups in total. The fraction of sp³-hybridized carbons (Fsp3) is 0.467. The van der Waals surface area contributed by atoms with Crippen LogP contribution in [0.2, 0.25) is 0 Å². The lowest BCUT2D eigenvalue weighted by Crippen LogP contribution is -2.22. The van der Waals surface area contributed by atoms with Crippen LogP contribution in [-0.2, 0) is 6.54 Å². The van der Waals surface area contributed by atoms with Crippen LogP contribution in [0.4, 0.5) is 5.69 Å². The summed E-state index contributed by atoms with van der Waals surface area (Å²) in [5.41, 5.74) is 2.55. The summed E-state index contributed by atoms with van der Waals surface area (Å²) >= 11 is 0. The molecule has 108 valence electrons. The predicted molar refractivity (Wildman–Crippen MR) is 81.6 cm³/mol. The maximum atomic E-state index is 4.15. The van der Waals surface area contributed by atoms with Crippen molar-refractivity contribution in [2.45, 2.75) is 33.4 Å². The van der Waals surface area contributed by atoms with Crippen LogP contribution in [0.25, 0.3) is 0 Å². The molecular formula is C15H23N5. The smallest absolute Gasteiger partial charge is 0.141 e. The topological polar surface area (TPSA) is 56.8 Å². The van der Waals surface area contributed by atoms with Crippen molar-refractivity contribution in [1.82, 2.24) is 20.5 Å². The third-order valence-corrected chi connectivity index (χ3v) is 3.52. The van der Waals surface area contributed by atoms with Crippen molar-refractivity contribution in [1.29, 1.82) is 0 Å². The number of hydrogen-bond donors (Lipinski definition) is 2. The number of nitrogens with zero attached hydrogens (tertiary/aromatic N) is 3. The first kappa shape index (κ1) is 14.5. The van der Waals surface area contributed by atoms with Gasteiger partial charge in [0, 0.05) is 25.3 Å². The molecule has 0 aliphatic heterocycles. The maximum Gasteiger partial charge on any atom is 0.141 e. The average Bonchev–Trinajstić information content (AvgIpc) is 3.01. The Bertz CT molecular complexity index is 487. The molecule has 2 rings (SSSR count). The molecule has 0 aliphatic carbocycles. The van der Waals surface area contributed by atoms with Gasteiger partial charge in [0.25, 0.3) is 0 Å². The Morgan fingerprint density at radius 1 is 1.20 bits per heavy atom. The number of nitrogens with one attached hydrogen (secondary N) is 2. The molecule has 1 aromatic carbocycles. The monoisotopic (exact) mass is 273 g/mol. The number of aromatic nitrogens is 3. The molecule has 0 saturated carbocycles. The van der Waals surface area contributed by atoms with Gasteiger partial charge in [-0.2, -0.15) is 5.10 Å². The van der Waals surface area contributed by atoms with Gasteiger partial charge in [0.2, 0.25) is 0 Å². The Labute approximate surface area is 120 Å². The highest BCUT2D eigenvalue weighted by molar-refractivity contribution is 5.47. The lowest BCUT2D eigenvalue weighted by atomic mass is 10.2. The van der Waals surface area contributed by atoms with Crippen molar-refractivity contribution in [2.24, 2.45) is 0 Å². The quantitative estimate of drug-likeness (QED) is 0.814. The summed E-state index contributed by atoms with van der Waals surface area (Å²) in [6.07, 6.45) is 1.53. The predicted octanol–water partition coefficient (Wildman–Crippen LogP) is 2.50. The molecule has 0 fully saturated rings. The van der Waals surface area contributed by atoms with E-state index in [-0.39, 0.29) is 6.04 Å². The average molecular weight is 273 g/mol. The molecule has 5 nitrogen and oxygen atoms in total. The molecule has 1 heterocycles. The van der Waals surface area contributed by atoms with Gasteiger partial charge < -0.3 is 10.2 Å². The van der Waals surface area contributed by atoms with Gasteiger partial charge in [-0.3, -0.25) is 5.10 Å². The first-order chi connectivity index (χ1) is 9.74. The van der Waals surface area contributed by atoms with E-state index in [2.05, 4.69) is 70.4 Å². The number of anilines is 1. The summed E-state index contributed by atoms with van der Waals surface area (Å²) in [6, 6.07) is 8.88. The minimum Gasteiger partial charge on any atom is -0.372 e. The van der Waals surface area contributed by atoms with E-state index in [4.69, 9.17) is 0 Å². The first-order valence-electron chi connectivity index (χ1n) is 7.17. The number of aromatic amines is 1. The second-order valence-electron chi connectivity index (χ2n) is 4.81. The highest BCUT2D eigenvalue weighted by atomic mass is 15.2. The molecule has 1 aromatic heterocycles. The molecule has 0 spiro atoms. The summed E-state index contributed by atoms with van der Waals surface area (Å²) in [4.78, 5) is 6.49. The number of rotatable bonds is 7. The minimum absolute atomic E-state index is 0.167. The minimum atomic E-state index is 0.167. The Hall–Kier alpha value is -1.88. The molecule has 0 bridgehead atoms. The van der Waals surface area contributed by atoms with Crippen LogP contribution in [0.15, 0.2) is 30.6 Å². The molecule has 1 atom stereocenters. The molecule has 0 saturated heterocycles. The molecule has 0 aliphatic rings. The summed E-state index contributed by atoms with van der Waals surface area (Å²) in [6.45, 7) is 9.33. The summed E-state index contributed by atoms with van der Waals surface area (Å²) < 4.78 is 0. The number of H-pyrrole nitrogens is 1. The Balaban J connectivity index is 1.91. The van der Waals surface area contributed by atoms with Crippen molar-refractivity contribution >= 4 is 5.69 Å². The van der Waals surface area contributed by atoms with Crippen molar-refractivity contribution in [3.05, 3.63) is 42.0 Å². The van der Waals surface area contributed by atoms with Crippen molar-refractivity contribution in [3.8, 4) is 0 Å². The van der Waals surface area contributed by atoms with Gasteiger partial charge in [-0.05, 0) is 38.5 Å². The van der Waals surface area contributed by atoms with E-state index in [0.29, 0.717) is 0 Å². The van der Waals surface area contributed by atoms with E-state index in [0.717, 1.165) is 25.5 Å². The van der Waals surface area contributed by atoms with Gasteiger partial charge in [-0.15, -0.1) is 0 Å². The standard InChI is InChI=1S/C15H23N5/c1-4-20(5-2)14-8-6-13(7-9-14)10-16-12(3)15-17-11-18-19-15/h6-9,11-12,16H,4-5,10H2,1-3H3,(H,17,18,19). The van der Waals surface area contributed by atoms with Crippen LogP contribution < -0.4 is 10.2 Å². The van der Waals surface area contributed by atoms with E-state index in [9.17, 15) is 0 Å². The molecule has 1 unspecified atom stereocenters. The van der Waals surface area contributed by atoms with Gasteiger partial charge >= 0.3 is 0 Å².